The average molecular weight is 320 g/mol. The fourth-order valence-electron chi connectivity index (χ4n) is 1.51. The van der Waals surface area contributed by atoms with Crippen LogP contribution in [0.5, 0.6) is 5.75 Å². The van der Waals surface area contributed by atoms with Crippen LogP contribution in [-0.2, 0) is 9.53 Å². The normalized spacial score (nSPS) is 12.2. The SMILES string of the molecule is COCCC(C(=O)O)n1cc(OC)c(Br)cc1=O. The third-order valence-corrected chi connectivity index (χ3v) is 3.05. The minimum atomic E-state index is -1.08. The van der Waals surface area contributed by atoms with E-state index in [1.807, 2.05) is 0 Å². The molecule has 0 saturated carbocycles. The van der Waals surface area contributed by atoms with E-state index in [-0.39, 0.29) is 13.0 Å². The number of hydrogen-bond acceptors (Lipinski definition) is 4. The molecular formula is C11H14BrNO5. The molecule has 0 aromatic carbocycles. The van der Waals surface area contributed by atoms with Gasteiger partial charge in [0.15, 0.2) is 0 Å². The van der Waals surface area contributed by atoms with Gasteiger partial charge in [-0.3, -0.25) is 9.36 Å². The van der Waals surface area contributed by atoms with E-state index in [9.17, 15) is 9.59 Å². The van der Waals surface area contributed by atoms with Crippen molar-refractivity contribution in [2.45, 2.75) is 12.5 Å². The fraction of sp³-hybridized carbons (Fsp3) is 0.455. The predicted octanol–water partition coefficient (Wildman–Crippen LogP) is 1.28. The van der Waals surface area contributed by atoms with Crippen molar-refractivity contribution in [3.8, 4) is 5.75 Å². The fourth-order valence-corrected chi connectivity index (χ4v) is 1.97. The van der Waals surface area contributed by atoms with Gasteiger partial charge in [-0.05, 0) is 15.9 Å². The lowest BCUT2D eigenvalue weighted by molar-refractivity contribution is -0.141. The Balaban J connectivity index is 3.19. The molecule has 0 fully saturated rings. The van der Waals surface area contributed by atoms with Gasteiger partial charge in [-0.2, -0.15) is 0 Å². The first-order chi connectivity index (χ1) is 8.51. The Hall–Kier alpha value is -1.34. The Labute approximate surface area is 112 Å². The number of rotatable bonds is 6. The molecule has 100 valence electrons. The monoisotopic (exact) mass is 319 g/mol. The standard InChI is InChI=1S/C11H14BrNO5/c1-17-4-3-8(11(15)16)13-6-9(18-2)7(12)5-10(13)14/h5-6,8H,3-4H2,1-2H3,(H,15,16). The zero-order valence-corrected chi connectivity index (χ0v) is 11.6. The predicted molar refractivity (Wildman–Crippen MR) is 68.1 cm³/mol. The summed E-state index contributed by atoms with van der Waals surface area (Å²) in [6.07, 6.45) is 1.58. The van der Waals surface area contributed by atoms with Gasteiger partial charge in [0.25, 0.3) is 5.56 Å². The number of carboxylic acid groups (broad SMARTS) is 1. The second-order valence-electron chi connectivity index (χ2n) is 3.57. The van der Waals surface area contributed by atoms with E-state index in [1.165, 1.54) is 26.5 Å². The first-order valence-electron chi connectivity index (χ1n) is 5.18. The molecule has 0 aliphatic heterocycles. The van der Waals surface area contributed by atoms with Crippen molar-refractivity contribution in [2.24, 2.45) is 0 Å². The molecule has 1 N–H and O–H groups in total. The number of nitrogens with zero attached hydrogens (tertiary/aromatic N) is 1. The molecule has 6 nitrogen and oxygen atoms in total. The maximum Gasteiger partial charge on any atom is 0.326 e. The van der Waals surface area contributed by atoms with Crippen LogP contribution in [0.15, 0.2) is 21.5 Å². The summed E-state index contributed by atoms with van der Waals surface area (Å²) >= 11 is 3.17. The summed E-state index contributed by atoms with van der Waals surface area (Å²) in [6.45, 7) is 0.252. The Morgan fingerprint density at radius 3 is 2.72 bits per heavy atom. The van der Waals surface area contributed by atoms with Crippen molar-refractivity contribution in [2.75, 3.05) is 20.8 Å². The van der Waals surface area contributed by atoms with E-state index in [0.29, 0.717) is 10.2 Å². The maximum absolute atomic E-state index is 11.8. The lowest BCUT2D eigenvalue weighted by Gasteiger charge is -2.16. The van der Waals surface area contributed by atoms with Gasteiger partial charge >= 0.3 is 5.97 Å². The van der Waals surface area contributed by atoms with Gasteiger partial charge in [-0.15, -0.1) is 0 Å². The van der Waals surface area contributed by atoms with Crippen molar-refractivity contribution >= 4 is 21.9 Å². The lowest BCUT2D eigenvalue weighted by Crippen LogP contribution is -2.30. The molecule has 0 aliphatic carbocycles. The molecule has 0 aliphatic rings. The molecule has 1 aromatic heterocycles. The smallest absolute Gasteiger partial charge is 0.326 e. The van der Waals surface area contributed by atoms with Gasteiger partial charge in [0.05, 0.1) is 17.8 Å². The van der Waals surface area contributed by atoms with Gasteiger partial charge in [0, 0.05) is 26.2 Å². The second-order valence-corrected chi connectivity index (χ2v) is 4.43. The van der Waals surface area contributed by atoms with E-state index >= 15 is 0 Å². The van der Waals surface area contributed by atoms with Gasteiger partial charge in [-0.25, -0.2) is 4.79 Å². The third-order valence-electron chi connectivity index (χ3n) is 2.43. The molecule has 0 radical (unpaired) electrons. The Kier molecular flexibility index (Phi) is 5.36. The molecule has 18 heavy (non-hydrogen) atoms. The highest BCUT2D eigenvalue weighted by atomic mass is 79.9. The van der Waals surface area contributed by atoms with Crippen LogP contribution in [-0.4, -0.2) is 36.5 Å². The van der Waals surface area contributed by atoms with Crippen molar-refractivity contribution in [1.29, 1.82) is 0 Å². The summed E-state index contributed by atoms with van der Waals surface area (Å²) in [7, 11) is 2.92. The zero-order chi connectivity index (χ0) is 13.7. The summed E-state index contributed by atoms with van der Waals surface area (Å²) in [5, 5.41) is 9.14. The molecule has 1 aromatic rings. The van der Waals surface area contributed by atoms with Crippen LogP contribution in [0.25, 0.3) is 0 Å². The van der Waals surface area contributed by atoms with Gasteiger partial charge in [0.2, 0.25) is 0 Å². The molecule has 0 amide bonds. The van der Waals surface area contributed by atoms with Crippen LogP contribution < -0.4 is 10.3 Å². The topological polar surface area (TPSA) is 77.8 Å². The Morgan fingerprint density at radius 2 is 2.22 bits per heavy atom. The van der Waals surface area contributed by atoms with Gasteiger partial charge < -0.3 is 14.6 Å². The van der Waals surface area contributed by atoms with E-state index in [4.69, 9.17) is 14.6 Å². The van der Waals surface area contributed by atoms with E-state index < -0.39 is 17.6 Å². The van der Waals surface area contributed by atoms with E-state index in [2.05, 4.69) is 15.9 Å². The molecule has 0 bridgehead atoms. The summed E-state index contributed by atoms with van der Waals surface area (Å²) in [5.41, 5.74) is -0.411. The third kappa shape index (κ3) is 3.33. The Bertz CT molecular complexity index is 485. The van der Waals surface area contributed by atoms with Crippen LogP contribution in [0.3, 0.4) is 0 Å². The number of aromatic nitrogens is 1. The van der Waals surface area contributed by atoms with Crippen LogP contribution in [0.2, 0.25) is 0 Å². The summed E-state index contributed by atoms with van der Waals surface area (Å²) < 4.78 is 11.5. The number of halogens is 1. The second kappa shape index (κ2) is 6.55. The first-order valence-corrected chi connectivity index (χ1v) is 5.98. The molecule has 0 saturated heterocycles. The van der Waals surface area contributed by atoms with Crippen LogP contribution in [0, 0.1) is 0 Å². The zero-order valence-electron chi connectivity index (χ0n) is 10.1. The van der Waals surface area contributed by atoms with Crippen molar-refractivity contribution in [1.82, 2.24) is 4.57 Å². The van der Waals surface area contributed by atoms with E-state index in [0.717, 1.165) is 4.57 Å². The lowest BCUT2D eigenvalue weighted by atomic mass is 10.2. The van der Waals surface area contributed by atoms with Crippen molar-refractivity contribution in [3.05, 3.63) is 27.1 Å². The number of aliphatic carboxylic acids is 1. The molecule has 1 heterocycles. The number of hydrogen-bond donors (Lipinski definition) is 1. The molecule has 1 unspecified atom stereocenters. The van der Waals surface area contributed by atoms with Crippen molar-refractivity contribution < 1.29 is 19.4 Å². The largest absolute Gasteiger partial charge is 0.494 e. The number of methoxy groups -OCH3 is 2. The summed E-state index contributed by atoms with van der Waals surface area (Å²) in [6, 6.07) is 0.307. The highest BCUT2D eigenvalue weighted by Crippen LogP contribution is 2.23. The van der Waals surface area contributed by atoms with Crippen LogP contribution in [0.4, 0.5) is 0 Å². The first kappa shape index (κ1) is 14.7. The number of ether oxygens (including phenoxy) is 2. The average Bonchev–Trinajstić information content (AvgIpc) is 2.31. The molecule has 1 rings (SSSR count). The van der Waals surface area contributed by atoms with Gasteiger partial charge in [-0.1, -0.05) is 0 Å². The summed E-state index contributed by atoms with van der Waals surface area (Å²) in [4.78, 5) is 23.0. The quantitative estimate of drug-likeness (QED) is 0.854. The van der Waals surface area contributed by atoms with Gasteiger partial charge in [0.1, 0.15) is 11.8 Å². The van der Waals surface area contributed by atoms with E-state index in [1.54, 1.807) is 0 Å². The highest BCUT2D eigenvalue weighted by molar-refractivity contribution is 9.10. The van der Waals surface area contributed by atoms with Crippen LogP contribution >= 0.6 is 15.9 Å². The van der Waals surface area contributed by atoms with Crippen LogP contribution in [0.1, 0.15) is 12.5 Å². The number of carbonyl (C=O) groups is 1. The minimum Gasteiger partial charge on any atom is -0.494 e. The molecule has 1 atom stereocenters. The number of pyridine rings is 1. The highest BCUT2D eigenvalue weighted by Gasteiger charge is 2.21. The minimum absolute atomic E-state index is 0.205. The molecule has 7 heteroatoms. The maximum atomic E-state index is 11.8. The summed E-state index contributed by atoms with van der Waals surface area (Å²) in [5.74, 6) is -0.684. The Morgan fingerprint density at radius 1 is 1.56 bits per heavy atom. The molecule has 0 spiro atoms. The molecular weight excluding hydrogens is 306 g/mol. The number of carboxylic acids is 1. The van der Waals surface area contributed by atoms with Crippen molar-refractivity contribution in [3.63, 3.8) is 0 Å².